The van der Waals surface area contributed by atoms with E-state index in [1.807, 2.05) is 11.8 Å². The van der Waals surface area contributed by atoms with Crippen molar-refractivity contribution in [3.05, 3.63) is 0 Å². The van der Waals surface area contributed by atoms with E-state index in [1.165, 1.54) is 32.1 Å². The van der Waals surface area contributed by atoms with Crippen molar-refractivity contribution in [3.8, 4) is 0 Å². The molecule has 98 valence electrons. The fraction of sp³-hybridized carbons (Fsp3) is 0.923. The van der Waals surface area contributed by atoms with Crippen LogP contribution in [-0.2, 0) is 4.79 Å². The molecule has 1 amide bonds. The van der Waals surface area contributed by atoms with E-state index in [0.717, 1.165) is 19.6 Å². The summed E-state index contributed by atoms with van der Waals surface area (Å²) in [6.07, 6.45) is 6.21. The highest BCUT2D eigenvalue weighted by atomic mass is 32.2. The van der Waals surface area contributed by atoms with Gasteiger partial charge in [0.15, 0.2) is 0 Å². The van der Waals surface area contributed by atoms with Crippen LogP contribution >= 0.6 is 11.8 Å². The van der Waals surface area contributed by atoms with E-state index in [1.54, 1.807) is 0 Å². The number of hydrogen-bond donors (Lipinski definition) is 2. The molecular weight excluding hydrogens is 232 g/mol. The summed E-state index contributed by atoms with van der Waals surface area (Å²) in [5, 5.41) is 7.13. The van der Waals surface area contributed by atoms with Crippen molar-refractivity contribution in [1.82, 2.24) is 10.6 Å². The number of amides is 1. The van der Waals surface area contributed by atoms with Gasteiger partial charge in [-0.2, -0.15) is 0 Å². The third kappa shape index (κ3) is 4.18. The van der Waals surface area contributed by atoms with Gasteiger partial charge in [0.05, 0.1) is 5.75 Å². The van der Waals surface area contributed by atoms with Crippen molar-refractivity contribution in [2.75, 3.05) is 25.4 Å². The standard InChI is InChI=1S/C13H24N2OS/c1-2-13(5-6-13)10-15-12(16)9-17-11-3-7-14-8-4-11/h11,14H,2-10H2,1H3,(H,15,16). The van der Waals surface area contributed by atoms with Crippen LogP contribution in [-0.4, -0.2) is 36.5 Å². The average Bonchev–Trinajstić information content (AvgIpc) is 3.16. The summed E-state index contributed by atoms with van der Waals surface area (Å²) in [4.78, 5) is 11.7. The maximum atomic E-state index is 11.7. The largest absolute Gasteiger partial charge is 0.355 e. The van der Waals surface area contributed by atoms with E-state index in [-0.39, 0.29) is 5.91 Å². The molecule has 1 saturated heterocycles. The summed E-state index contributed by atoms with van der Waals surface area (Å²) in [5.74, 6) is 0.873. The fourth-order valence-electron chi connectivity index (χ4n) is 2.32. The fourth-order valence-corrected chi connectivity index (χ4v) is 3.38. The van der Waals surface area contributed by atoms with Gasteiger partial charge >= 0.3 is 0 Å². The Morgan fingerprint density at radius 3 is 2.71 bits per heavy atom. The molecule has 17 heavy (non-hydrogen) atoms. The molecule has 0 aromatic carbocycles. The van der Waals surface area contributed by atoms with Gasteiger partial charge in [0.1, 0.15) is 0 Å². The minimum atomic E-state index is 0.230. The molecule has 0 unspecified atom stereocenters. The second-order valence-electron chi connectivity index (χ2n) is 5.39. The zero-order valence-electron chi connectivity index (χ0n) is 10.8. The van der Waals surface area contributed by atoms with Gasteiger partial charge in [-0.05, 0) is 50.6 Å². The van der Waals surface area contributed by atoms with Crippen LogP contribution in [0.5, 0.6) is 0 Å². The topological polar surface area (TPSA) is 41.1 Å². The Labute approximate surface area is 108 Å². The van der Waals surface area contributed by atoms with Crippen LogP contribution in [0.2, 0.25) is 0 Å². The van der Waals surface area contributed by atoms with Crippen LogP contribution in [0, 0.1) is 5.41 Å². The molecule has 1 heterocycles. The summed E-state index contributed by atoms with van der Waals surface area (Å²) in [7, 11) is 0. The predicted molar refractivity (Wildman–Crippen MR) is 73.3 cm³/mol. The van der Waals surface area contributed by atoms with E-state index in [0.29, 0.717) is 16.4 Å². The molecule has 0 radical (unpaired) electrons. The highest BCUT2D eigenvalue weighted by Gasteiger charge is 2.40. The van der Waals surface area contributed by atoms with E-state index in [2.05, 4.69) is 17.6 Å². The van der Waals surface area contributed by atoms with Crippen LogP contribution in [0.15, 0.2) is 0 Å². The van der Waals surface area contributed by atoms with Crippen LogP contribution in [0.1, 0.15) is 39.0 Å². The van der Waals surface area contributed by atoms with Gasteiger partial charge in [-0.1, -0.05) is 6.92 Å². The van der Waals surface area contributed by atoms with Crippen molar-refractivity contribution >= 4 is 17.7 Å². The molecule has 2 rings (SSSR count). The zero-order chi connectivity index (χ0) is 12.1. The number of thioether (sulfide) groups is 1. The number of carbonyl (C=O) groups is 1. The van der Waals surface area contributed by atoms with Gasteiger partial charge in [0, 0.05) is 11.8 Å². The van der Waals surface area contributed by atoms with Crippen molar-refractivity contribution in [1.29, 1.82) is 0 Å². The first-order valence-electron chi connectivity index (χ1n) is 6.83. The van der Waals surface area contributed by atoms with Crippen molar-refractivity contribution in [2.45, 2.75) is 44.3 Å². The highest BCUT2D eigenvalue weighted by Crippen LogP contribution is 2.47. The summed E-state index contributed by atoms with van der Waals surface area (Å²) < 4.78 is 0. The molecule has 1 aliphatic heterocycles. The molecule has 1 aliphatic carbocycles. The normalized spacial score (nSPS) is 23.4. The summed E-state index contributed by atoms with van der Waals surface area (Å²) in [6, 6.07) is 0. The Kier molecular flexibility index (Phi) is 4.74. The summed E-state index contributed by atoms with van der Waals surface area (Å²) in [5.41, 5.74) is 0.467. The molecule has 0 bridgehead atoms. The number of piperidine rings is 1. The van der Waals surface area contributed by atoms with E-state index in [9.17, 15) is 4.79 Å². The quantitative estimate of drug-likeness (QED) is 0.761. The van der Waals surface area contributed by atoms with Gasteiger partial charge in [-0.25, -0.2) is 0 Å². The molecule has 4 heteroatoms. The lowest BCUT2D eigenvalue weighted by molar-refractivity contribution is -0.118. The van der Waals surface area contributed by atoms with Crippen LogP contribution in [0.25, 0.3) is 0 Å². The molecule has 2 N–H and O–H groups in total. The van der Waals surface area contributed by atoms with E-state index < -0.39 is 0 Å². The predicted octanol–water partition coefficient (Wildman–Crippen LogP) is 1.78. The molecule has 0 atom stereocenters. The molecule has 0 aromatic heterocycles. The number of hydrogen-bond acceptors (Lipinski definition) is 3. The first-order valence-corrected chi connectivity index (χ1v) is 7.88. The Morgan fingerprint density at radius 2 is 2.12 bits per heavy atom. The maximum absolute atomic E-state index is 11.7. The van der Waals surface area contributed by atoms with Crippen molar-refractivity contribution in [2.24, 2.45) is 5.41 Å². The van der Waals surface area contributed by atoms with E-state index in [4.69, 9.17) is 0 Å². The lowest BCUT2D eigenvalue weighted by atomic mass is 10.0. The molecular formula is C13H24N2OS. The van der Waals surface area contributed by atoms with E-state index >= 15 is 0 Å². The maximum Gasteiger partial charge on any atom is 0.230 e. The molecule has 0 spiro atoms. The monoisotopic (exact) mass is 256 g/mol. The Hall–Kier alpha value is -0.220. The average molecular weight is 256 g/mol. The number of nitrogens with one attached hydrogen (secondary N) is 2. The summed E-state index contributed by atoms with van der Waals surface area (Å²) in [6.45, 7) is 5.34. The Balaban J connectivity index is 1.57. The second-order valence-corrected chi connectivity index (χ2v) is 6.68. The van der Waals surface area contributed by atoms with Gasteiger partial charge in [-0.15, -0.1) is 11.8 Å². The first kappa shape index (κ1) is 13.2. The van der Waals surface area contributed by atoms with Crippen molar-refractivity contribution in [3.63, 3.8) is 0 Å². The third-order valence-electron chi connectivity index (χ3n) is 4.10. The van der Waals surface area contributed by atoms with Crippen LogP contribution in [0.3, 0.4) is 0 Å². The number of rotatable bonds is 6. The number of carbonyl (C=O) groups excluding carboxylic acids is 1. The van der Waals surface area contributed by atoms with Gasteiger partial charge < -0.3 is 10.6 Å². The van der Waals surface area contributed by atoms with Crippen molar-refractivity contribution < 1.29 is 4.79 Å². The molecule has 3 nitrogen and oxygen atoms in total. The SMILES string of the molecule is CCC1(CNC(=O)CSC2CCNCC2)CC1. The lowest BCUT2D eigenvalue weighted by Crippen LogP contribution is -2.33. The zero-order valence-corrected chi connectivity index (χ0v) is 11.6. The minimum Gasteiger partial charge on any atom is -0.355 e. The molecule has 0 aromatic rings. The summed E-state index contributed by atoms with van der Waals surface area (Å²) >= 11 is 1.83. The lowest BCUT2D eigenvalue weighted by Gasteiger charge is -2.22. The highest BCUT2D eigenvalue weighted by molar-refractivity contribution is 8.00. The van der Waals surface area contributed by atoms with Crippen LogP contribution < -0.4 is 10.6 Å². The van der Waals surface area contributed by atoms with Gasteiger partial charge in [0.2, 0.25) is 5.91 Å². The molecule has 1 saturated carbocycles. The molecule has 2 aliphatic rings. The van der Waals surface area contributed by atoms with Gasteiger partial charge in [0.25, 0.3) is 0 Å². The van der Waals surface area contributed by atoms with Crippen LogP contribution in [0.4, 0.5) is 0 Å². The smallest absolute Gasteiger partial charge is 0.230 e. The van der Waals surface area contributed by atoms with Gasteiger partial charge in [-0.3, -0.25) is 4.79 Å². The molecule has 2 fully saturated rings. The Morgan fingerprint density at radius 1 is 1.41 bits per heavy atom. The minimum absolute atomic E-state index is 0.230. The third-order valence-corrected chi connectivity index (χ3v) is 5.48. The first-order chi connectivity index (χ1) is 8.24. The second kappa shape index (κ2) is 6.10. The Bertz CT molecular complexity index is 260.